The van der Waals surface area contributed by atoms with Gasteiger partial charge < -0.3 is 4.90 Å². The van der Waals surface area contributed by atoms with Gasteiger partial charge in [-0.2, -0.15) is 0 Å². The predicted molar refractivity (Wildman–Crippen MR) is 67.6 cm³/mol. The molecule has 0 heterocycles. The number of aryl methyl sites for hydroxylation is 1. The average molecular weight is 221 g/mol. The molecule has 1 aromatic rings. The first-order chi connectivity index (χ1) is 7.24. The SMILES string of the molecule is CSc1cccc2c1C(N(C)C)CCC2. The van der Waals surface area contributed by atoms with Crippen LogP contribution in [-0.4, -0.2) is 25.3 Å². The molecule has 0 saturated heterocycles. The van der Waals surface area contributed by atoms with Crippen molar-refractivity contribution in [3.8, 4) is 0 Å². The zero-order valence-corrected chi connectivity index (χ0v) is 10.6. The van der Waals surface area contributed by atoms with Crippen LogP contribution >= 0.6 is 11.8 Å². The zero-order valence-electron chi connectivity index (χ0n) is 9.79. The Balaban J connectivity index is 2.47. The lowest BCUT2D eigenvalue weighted by Gasteiger charge is -2.32. The minimum atomic E-state index is 0.623. The molecule has 2 heteroatoms. The monoisotopic (exact) mass is 221 g/mol. The fourth-order valence-corrected chi connectivity index (χ4v) is 3.21. The summed E-state index contributed by atoms with van der Waals surface area (Å²) >= 11 is 1.88. The van der Waals surface area contributed by atoms with Crippen LogP contribution in [-0.2, 0) is 6.42 Å². The van der Waals surface area contributed by atoms with E-state index in [4.69, 9.17) is 0 Å². The van der Waals surface area contributed by atoms with Crippen LogP contribution in [0.1, 0.15) is 30.0 Å². The third-order valence-corrected chi connectivity index (χ3v) is 4.05. The zero-order chi connectivity index (χ0) is 10.8. The van der Waals surface area contributed by atoms with Crippen molar-refractivity contribution in [1.82, 2.24) is 4.90 Å². The Morgan fingerprint density at radius 1 is 1.33 bits per heavy atom. The average Bonchev–Trinajstić information content (AvgIpc) is 2.27. The first kappa shape index (κ1) is 11.0. The fraction of sp³-hybridized carbons (Fsp3) is 0.538. The van der Waals surface area contributed by atoms with Crippen molar-refractivity contribution in [2.24, 2.45) is 0 Å². The van der Waals surface area contributed by atoms with Crippen LogP contribution in [0.4, 0.5) is 0 Å². The topological polar surface area (TPSA) is 3.24 Å². The molecular formula is C13H19NS. The minimum Gasteiger partial charge on any atom is -0.302 e. The van der Waals surface area contributed by atoms with Gasteiger partial charge in [0.25, 0.3) is 0 Å². The molecule has 0 bridgehead atoms. The molecule has 1 aliphatic carbocycles. The van der Waals surface area contributed by atoms with Gasteiger partial charge in [-0.3, -0.25) is 0 Å². The molecule has 1 nitrogen and oxygen atoms in total. The second-order valence-electron chi connectivity index (χ2n) is 4.40. The molecule has 0 aromatic heterocycles. The number of nitrogens with zero attached hydrogens (tertiary/aromatic N) is 1. The Labute approximate surface area is 96.9 Å². The Kier molecular flexibility index (Phi) is 3.37. The van der Waals surface area contributed by atoms with Crippen LogP contribution < -0.4 is 0 Å². The quantitative estimate of drug-likeness (QED) is 0.705. The van der Waals surface area contributed by atoms with Gasteiger partial charge in [0.05, 0.1) is 0 Å². The van der Waals surface area contributed by atoms with Crippen LogP contribution in [0.25, 0.3) is 0 Å². The minimum absolute atomic E-state index is 0.623. The van der Waals surface area contributed by atoms with E-state index in [0.717, 1.165) is 0 Å². The van der Waals surface area contributed by atoms with Gasteiger partial charge >= 0.3 is 0 Å². The van der Waals surface area contributed by atoms with Crippen molar-refractivity contribution >= 4 is 11.8 Å². The van der Waals surface area contributed by atoms with Crippen molar-refractivity contribution in [2.75, 3.05) is 20.4 Å². The lowest BCUT2D eigenvalue weighted by Crippen LogP contribution is -2.24. The highest BCUT2D eigenvalue weighted by molar-refractivity contribution is 7.98. The predicted octanol–water partition coefficient (Wildman–Crippen LogP) is 3.35. The van der Waals surface area contributed by atoms with Gasteiger partial charge in [0.1, 0.15) is 0 Å². The molecule has 1 unspecified atom stereocenters. The highest BCUT2D eigenvalue weighted by Crippen LogP contribution is 2.38. The van der Waals surface area contributed by atoms with Crippen molar-refractivity contribution in [3.05, 3.63) is 29.3 Å². The Morgan fingerprint density at radius 2 is 2.13 bits per heavy atom. The van der Waals surface area contributed by atoms with Crippen LogP contribution in [0.15, 0.2) is 23.1 Å². The molecule has 0 saturated carbocycles. The van der Waals surface area contributed by atoms with E-state index < -0.39 is 0 Å². The van der Waals surface area contributed by atoms with Crippen LogP contribution in [0.2, 0.25) is 0 Å². The maximum absolute atomic E-state index is 2.36. The summed E-state index contributed by atoms with van der Waals surface area (Å²) in [6.07, 6.45) is 6.07. The van der Waals surface area contributed by atoms with E-state index in [0.29, 0.717) is 6.04 Å². The van der Waals surface area contributed by atoms with Gasteiger partial charge in [-0.25, -0.2) is 0 Å². The molecule has 0 amide bonds. The van der Waals surface area contributed by atoms with E-state index in [9.17, 15) is 0 Å². The molecule has 82 valence electrons. The molecule has 1 aromatic carbocycles. The van der Waals surface area contributed by atoms with Crippen molar-refractivity contribution in [3.63, 3.8) is 0 Å². The summed E-state index contributed by atoms with van der Waals surface area (Å²) in [6.45, 7) is 0. The smallest absolute Gasteiger partial charge is 0.0355 e. The van der Waals surface area contributed by atoms with Gasteiger partial charge in [-0.05, 0) is 56.8 Å². The molecule has 0 fully saturated rings. The van der Waals surface area contributed by atoms with Crippen LogP contribution in [0, 0.1) is 0 Å². The third kappa shape index (κ3) is 2.06. The number of rotatable bonds is 2. The molecule has 15 heavy (non-hydrogen) atoms. The first-order valence-electron chi connectivity index (χ1n) is 5.56. The normalized spacial score (nSPS) is 20.4. The van der Waals surface area contributed by atoms with Gasteiger partial charge in [0, 0.05) is 10.9 Å². The summed E-state index contributed by atoms with van der Waals surface area (Å²) in [5, 5.41) is 0. The lowest BCUT2D eigenvalue weighted by molar-refractivity contribution is 0.265. The second kappa shape index (κ2) is 4.58. The second-order valence-corrected chi connectivity index (χ2v) is 5.25. The van der Waals surface area contributed by atoms with Crippen molar-refractivity contribution in [2.45, 2.75) is 30.2 Å². The molecular weight excluding hydrogens is 202 g/mol. The van der Waals surface area contributed by atoms with Gasteiger partial charge in [0.2, 0.25) is 0 Å². The number of hydrogen-bond acceptors (Lipinski definition) is 2. The maximum atomic E-state index is 2.36. The summed E-state index contributed by atoms with van der Waals surface area (Å²) in [5.41, 5.74) is 3.15. The van der Waals surface area contributed by atoms with E-state index in [1.165, 1.54) is 24.2 Å². The molecule has 0 N–H and O–H groups in total. The molecule has 0 spiro atoms. The van der Waals surface area contributed by atoms with Gasteiger partial charge in [-0.1, -0.05) is 12.1 Å². The summed E-state index contributed by atoms with van der Waals surface area (Å²) in [4.78, 5) is 3.82. The summed E-state index contributed by atoms with van der Waals surface area (Å²) in [5.74, 6) is 0. The fourth-order valence-electron chi connectivity index (χ4n) is 2.51. The number of thioether (sulfide) groups is 1. The van der Waals surface area contributed by atoms with Crippen LogP contribution in [0.3, 0.4) is 0 Å². The molecule has 0 aliphatic heterocycles. The van der Waals surface area contributed by atoms with Gasteiger partial charge in [0.15, 0.2) is 0 Å². The van der Waals surface area contributed by atoms with E-state index in [2.05, 4.69) is 43.5 Å². The van der Waals surface area contributed by atoms with E-state index in [1.54, 1.807) is 11.1 Å². The van der Waals surface area contributed by atoms with E-state index >= 15 is 0 Å². The molecule has 2 rings (SSSR count). The molecule has 1 atom stereocenters. The van der Waals surface area contributed by atoms with Crippen molar-refractivity contribution in [1.29, 1.82) is 0 Å². The summed E-state index contributed by atoms with van der Waals surface area (Å²) in [6, 6.07) is 7.37. The standard InChI is InChI=1S/C13H19NS/c1-14(2)11-8-4-6-10-7-5-9-12(15-3)13(10)11/h5,7,9,11H,4,6,8H2,1-3H3. The Bertz CT molecular complexity index is 332. The molecule has 0 radical (unpaired) electrons. The highest BCUT2D eigenvalue weighted by Gasteiger charge is 2.23. The van der Waals surface area contributed by atoms with Gasteiger partial charge in [-0.15, -0.1) is 11.8 Å². The van der Waals surface area contributed by atoms with Crippen molar-refractivity contribution < 1.29 is 0 Å². The Hall–Kier alpha value is -0.470. The first-order valence-corrected chi connectivity index (χ1v) is 6.78. The third-order valence-electron chi connectivity index (χ3n) is 3.26. The van der Waals surface area contributed by atoms with E-state index in [1.807, 2.05) is 11.8 Å². The van der Waals surface area contributed by atoms with E-state index in [-0.39, 0.29) is 0 Å². The lowest BCUT2D eigenvalue weighted by atomic mass is 9.87. The Morgan fingerprint density at radius 3 is 2.80 bits per heavy atom. The van der Waals surface area contributed by atoms with Crippen LogP contribution in [0.5, 0.6) is 0 Å². The number of hydrogen-bond donors (Lipinski definition) is 0. The maximum Gasteiger partial charge on any atom is 0.0355 e. The summed E-state index contributed by atoms with van der Waals surface area (Å²) in [7, 11) is 4.38. The number of fused-ring (bicyclic) bond motifs is 1. The largest absolute Gasteiger partial charge is 0.302 e. The summed E-state index contributed by atoms with van der Waals surface area (Å²) < 4.78 is 0. The molecule has 1 aliphatic rings. The number of benzene rings is 1. The highest BCUT2D eigenvalue weighted by atomic mass is 32.2.